The molecule has 2 N–H and O–H groups in total. The van der Waals surface area contributed by atoms with Crippen LogP contribution in [-0.4, -0.2) is 28.6 Å². The number of aliphatic hydroxyl groups excluding tert-OH is 1. The van der Waals surface area contributed by atoms with Crippen molar-refractivity contribution >= 4 is 5.91 Å². The smallest absolute Gasteiger partial charge is 0.254 e. The number of aromatic nitrogens is 1. The fourth-order valence-corrected chi connectivity index (χ4v) is 1.57. The van der Waals surface area contributed by atoms with Crippen LogP contribution in [-0.2, 0) is 0 Å². The molecule has 0 saturated carbocycles. The van der Waals surface area contributed by atoms with Crippen LogP contribution < -0.4 is 5.32 Å². The van der Waals surface area contributed by atoms with E-state index in [-0.39, 0.29) is 18.2 Å². The monoisotopic (exact) mass is 240 g/mol. The molecule has 0 aliphatic heterocycles. The summed E-state index contributed by atoms with van der Waals surface area (Å²) in [6.07, 6.45) is 2.99. The zero-order valence-corrected chi connectivity index (χ0v) is 9.98. The predicted octanol–water partition coefficient (Wildman–Crippen LogP) is 1.36. The van der Waals surface area contributed by atoms with E-state index < -0.39 is 11.7 Å². The highest BCUT2D eigenvalue weighted by molar-refractivity contribution is 5.94. The van der Waals surface area contributed by atoms with E-state index in [1.54, 1.807) is 0 Å². The normalized spacial score (nSPS) is 12.5. The van der Waals surface area contributed by atoms with Gasteiger partial charge in [-0.25, -0.2) is 4.39 Å². The van der Waals surface area contributed by atoms with Crippen molar-refractivity contribution in [2.24, 2.45) is 5.92 Å². The van der Waals surface area contributed by atoms with Crippen molar-refractivity contribution in [2.75, 3.05) is 6.61 Å². The fourth-order valence-electron chi connectivity index (χ4n) is 1.57. The number of carbonyl (C=O) groups excluding carboxylic acids is 1. The average molecular weight is 240 g/mol. The fraction of sp³-hybridized carbons (Fsp3) is 0.500. The molecular formula is C12H17FN2O2. The van der Waals surface area contributed by atoms with Crippen LogP contribution in [0.3, 0.4) is 0 Å². The molecule has 1 aromatic heterocycles. The first-order valence-electron chi connectivity index (χ1n) is 5.55. The highest BCUT2D eigenvalue weighted by atomic mass is 19.1. The van der Waals surface area contributed by atoms with E-state index in [1.807, 2.05) is 13.8 Å². The maximum Gasteiger partial charge on any atom is 0.254 e. The van der Waals surface area contributed by atoms with E-state index in [2.05, 4.69) is 10.3 Å². The van der Waals surface area contributed by atoms with E-state index in [9.17, 15) is 9.18 Å². The third kappa shape index (κ3) is 4.11. The summed E-state index contributed by atoms with van der Waals surface area (Å²) < 4.78 is 13.3. The van der Waals surface area contributed by atoms with Crippen LogP contribution in [0, 0.1) is 11.7 Å². The van der Waals surface area contributed by atoms with E-state index >= 15 is 0 Å². The van der Waals surface area contributed by atoms with Crippen LogP contribution in [0.25, 0.3) is 0 Å². The van der Waals surface area contributed by atoms with Crippen molar-refractivity contribution < 1.29 is 14.3 Å². The Morgan fingerprint density at radius 1 is 1.59 bits per heavy atom. The van der Waals surface area contributed by atoms with Crippen LogP contribution in [0.1, 0.15) is 30.6 Å². The summed E-state index contributed by atoms with van der Waals surface area (Å²) >= 11 is 0. The zero-order chi connectivity index (χ0) is 12.8. The van der Waals surface area contributed by atoms with Gasteiger partial charge < -0.3 is 10.4 Å². The first kappa shape index (κ1) is 13.6. The third-order valence-electron chi connectivity index (χ3n) is 2.33. The minimum atomic E-state index is -0.661. The Balaban J connectivity index is 2.68. The summed E-state index contributed by atoms with van der Waals surface area (Å²) in [5, 5.41) is 11.7. The van der Waals surface area contributed by atoms with Crippen LogP contribution in [0.15, 0.2) is 18.5 Å². The summed E-state index contributed by atoms with van der Waals surface area (Å²) in [5.74, 6) is -0.842. The highest BCUT2D eigenvalue weighted by Gasteiger charge is 2.16. The number of pyridine rings is 1. The van der Waals surface area contributed by atoms with Gasteiger partial charge in [-0.05, 0) is 18.4 Å². The molecule has 0 radical (unpaired) electrons. The van der Waals surface area contributed by atoms with Gasteiger partial charge in [-0.2, -0.15) is 0 Å². The molecule has 17 heavy (non-hydrogen) atoms. The Morgan fingerprint density at radius 2 is 2.29 bits per heavy atom. The van der Waals surface area contributed by atoms with E-state index in [4.69, 9.17) is 5.11 Å². The largest absolute Gasteiger partial charge is 0.394 e. The number of halogens is 1. The first-order valence-corrected chi connectivity index (χ1v) is 5.55. The molecule has 0 aliphatic carbocycles. The number of rotatable bonds is 5. The molecular weight excluding hydrogens is 223 g/mol. The molecule has 0 aliphatic rings. The van der Waals surface area contributed by atoms with Crippen molar-refractivity contribution in [1.82, 2.24) is 10.3 Å². The van der Waals surface area contributed by atoms with Crippen LogP contribution >= 0.6 is 0 Å². The lowest BCUT2D eigenvalue weighted by Gasteiger charge is -2.18. The summed E-state index contributed by atoms with van der Waals surface area (Å²) in [6, 6.07) is 0.962. The van der Waals surface area contributed by atoms with Crippen molar-refractivity contribution in [3.63, 3.8) is 0 Å². The van der Waals surface area contributed by atoms with E-state index in [0.717, 1.165) is 6.20 Å². The Morgan fingerprint density at radius 3 is 2.82 bits per heavy atom. The molecule has 0 aromatic carbocycles. The molecule has 1 heterocycles. The highest BCUT2D eigenvalue weighted by Crippen LogP contribution is 2.08. The van der Waals surface area contributed by atoms with Crippen molar-refractivity contribution in [1.29, 1.82) is 0 Å². The molecule has 0 saturated heterocycles. The molecule has 1 unspecified atom stereocenters. The lowest BCUT2D eigenvalue weighted by molar-refractivity contribution is 0.0904. The molecule has 0 bridgehead atoms. The number of amides is 1. The van der Waals surface area contributed by atoms with Crippen LogP contribution in [0.5, 0.6) is 0 Å². The number of hydrogen-bond acceptors (Lipinski definition) is 3. The minimum Gasteiger partial charge on any atom is -0.394 e. The second-order valence-corrected chi connectivity index (χ2v) is 4.34. The Labute approximate surface area is 99.9 Å². The van der Waals surface area contributed by atoms with Gasteiger partial charge in [0.15, 0.2) is 5.82 Å². The van der Waals surface area contributed by atoms with Gasteiger partial charge >= 0.3 is 0 Å². The number of nitrogens with zero attached hydrogens (tertiary/aromatic N) is 1. The van der Waals surface area contributed by atoms with Gasteiger partial charge in [0.25, 0.3) is 5.91 Å². The van der Waals surface area contributed by atoms with E-state index in [0.29, 0.717) is 12.3 Å². The molecule has 94 valence electrons. The standard InChI is InChI=1S/C12H17FN2O2/c1-8(2)5-9(7-16)15-12(17)10-3-4-14-6-11(10)13/h3-4,6,8-9,16H,5,7H2,1-2H3,(H,15,17). The van der Waals surface area contributed by atoms with Crippen molar-refractivity contribution in [2.45, 2.75) is 26.3 Å². The zero-order valence-electron chi connectivity index (χ0n) is 9.98. The lowest BCUT2D eigenvalue weighted by atomic mass is 10.0. The second-order valence-electron chi connectivity index (χ2n) is 4.34. The van der Waals surface area contributed by atoms with Gasteiger partial charge in [0, 0.05) is 6.20 Å². The van der Waals surface area contributed by atoms with Gasteiger partial charge in [-0.3, -0.25) is 9.78 Å². The van der Waals surface area contributed by atoms with Gasteiger partial charge in [0.05, 0.1) is 24.4 Å². The Hall–Kier alpha value is -1.49. The lowest BCUT2D eigenvalue weighted by Crippen LogP contribution is -2.38. The van der Waals surface area contributed by atoms with Gasteiger partial charge in [-0.15, -0.1) is 0 Å². The van der Waals surface area contributed by atoms with Crippen LogP contribution in [0.4, 0.5) is 4.39 Å². The maximum absolute atomic E-state index is 13.3. The molecule has 1 rings (SSSR count). The Kier molecular flexibility index (Phi) is 5.03. The number of aliphatic hydroxyl groups is 1. The summed E-state index contributed by atoms with van der Waals surface area (Å²) in [7, 11) is 0. The maximum atomic E-state index is 13.3. The van der Waals surface area contributed by atoms with Crippen molar-refractivity contribution in [3.05, 3.63) is 29.8 Å². The molecule has 5 heteroatoms. The molecule has 0 fully saturated rings. The predicted molar refractivity (Wildman–Crippen MR) is 62.0 cm³/mol. The summed E-state index contributed by atoms with van der Waals surface area (Å²) in [6.45, 7) is 3.82. The average Bonchev–Trinajstić information content (AvgIpc) is 2.27. The first-order chi connectivity index (χ1) is 8.04. The summed E-state index contributed by atoms with van der Waals surface area (Å²) in [5.41, 5.74) is -0.0535. The number of carbonyl (C=O) groups is 1. The molecule has 4 nitrogen and oxygen atoms in total. The molecule has 1 aromatic rings. The molecule has 1 amide bonds. The van der Waals surface area contributed by atoms with Gasteiger partial charge in [0.1, 0.15) is 0 Å². The third-order valence-corrected chi connectivity index (χ3v) is 2.33. The number of hydrogen-bond donors (Lipinski definition) is 2. The molecule has 0 spiro atoms. The summed E-state index contributed by atoms with van der Waals surface area (Å²) in [4.78, 5) is 15.3. The molecule has 1 atom stereocenters. The van der Waals surface area contributed by atoms with Gasteiger partial charge in [0.2, 0.25) is 0 Å². The Bertz CT molecular complexity index is 383. The number of nitrogens with one attached hydrogen (secondary N) is 1. The van der Waals surface area contributed by atoms with E-state index in [1.165, 1.54) is 12.3 Å². The van der Waals surface area contributed by atoms with Crippen molar-refractivity contribution in [3.8, 4) is 0 Å². The quantitative estimate of drug-likeness (QED) is 0.816. The minimum absolute atomic E-state index is 0.0535. The van der Waals surface area contributed by atoms with Gasteiger partial charge in [-0.1, -0.05) is 13.8 Å². The SMILES string of the molecule is CC(C)CC(CO)NC(=O)c1ccncc1F. The topological polar surface area (TPSA) is 62.2 Å². The second kappa shape index (κ2) is 6.30. The van der Waals surface area contributed by atoms with Crippen LogP contribution in [0.2, 0.25) is 0 Å².